The molecule has 2 fully saturated rings. The quantitative estimate of drug-likeness (QED) is 0.120. The third-order valence-electron chi connectivity index (χ3n) is 29.2. The second-order valence-electron chi connectivity index (χ2n) is 39.6. The SMILES string of the molecule is C=Cc1c(C)ccc(C)c1C.C=Cc1c(C)ccc(C)c1CC.CCc1c(C)ccc(C)c1C.CCc1c(C)ccc(C)c1CC.CCc1c(C)ccc(C)c1Cl.CCc1c(C)ccc(C)c1F.Cc1ccc(C)c(C)c1C.Cc1ccc(C)c(C2CC2)c1C.Cc1ccc(C)c(C2CCC2)c1C.Cc1ccc(C)c(Cl)c1C.Cc1ccc(C)c(Cl)c1F.Cc1ccc(C)c(F)c1C.Cc1ccc(C)c(F)c1F. The van der Waals surface area contributed by atoms with Crippen molar-refractivity contribution in [2.75, 3.05) is 0 Å². The maximum Gasteiger partial charge on any atom is 0.161 e. The van der Waals surface area contributed by atoms with E-state index in [-0.39, 0.29) is 22.5 Å². The number of rotatable bonds is 10. The van der Waals surface area contributed by atoms with Crippen molar-refractivity contribution in [3.63, 3.8) is 0 Å². The minimum atomic E-state index is -0.736. The molecule has 0 aromatic heterocycles. The van der Waals surface area contributed by atoms with Gasteiger partial charge >= 0.3 is 0 Å². The maximum atomic E-state index is 13.3. The van der Waals surface area contributed by atoms with Crippen molar-refractivity contribution in [3.05, 3.63) is 460 Å². The van der Waals surface area contributed by atoms with Crippen LogP contribution in [0.25, 0.3) is 12.2 Å². The van der Waals surface area contributed by atoms with Crippen LogP contribution in [0.4, 0.5) is 22.0 Å². The maximum absolute atomic E-state index is 13.3. The highest BCUT2D eigenvalue weighted by Crippen LogP contribution is 2.44. The lowest BCUT2D eigenvalue weighted by Gasteiger charge is -2.29. The van der Waals surface area contributed by atoms with Crippen LogP contribution in [0.5, 0.6) is 0 Å². The summed E-state index contributed by atoms with van der Waals surface area (Å²) in [6, 6.07) is 53.4. The Labute approximate surface area is 881 Å². The summed E-state index contributed by atoms with van der Waals surface area (Å²) >= 11 is 17.7. The van der Waals surface area contributed by atoms with Crippen molar-refractivity contribution in [2.45, 2.75) is 359 Å². The van der Waals surface area contributed by atoms with E-state index in [1.807, 2.05) is 78.0 Å². The second kappa shape index (κ2) is 62.0. The zero-order valence-corrected chi connectivity index (χ0v) is 97.8. The van der Waals surface area contributed by atoms with Crippen LogP contribution in [-0.2, 0) is 38.5 Å². The number of aryl methyl sites for hydroxylation is 26. The van der Waals surface area contributed by atoms with E-state index in [4.69, 9.17) is 34.8 Å². The van der Waals surface area contributed by atoms with Gasteiger partial charge in [0.25, 0.3) is 0 Å². The predicted molar refractivity (Wildman–Crippen MR) is 625 cm³/mol. The average Bonchev–Trinajstić information content (AvgIpc) is 1.53. The molecule has 772 valence electrons. The van der Waals surface area contributed by atoms with Crippen molar-refractivity contribution >= 4 is 47.0 Å². The molecular weight excluding hydrogens is 1820 g/mol. The van der Waals surface area contributed by atoms with Crippen LogP contribution in [0.2, 0.25) is 15.1 Å². The molecule has 15 rings (SSSR count). The molecule has 8 heteroatoms. The summed E-state index contributed by atoms with van der Waals surface area (Å²) in [6.07, 6.45) is 17.3. The molecule has 0 aliphatic heterocycles. The Bertz CT molecular complexity index is 5750. The fraction of sp³-hybridized carbons (Fsp3) is 0.393. The molecule has 0 heterocycles. The van der Waals surface area contributed by atoms with Crippen LogP contribution in [-0.4, -0.2) is 0 Å². The van der Waals surface area contributed by atoms with Gasteiger partial charge in [0.15, 0.2) is 11.6 Å². The van der Waals surface area contributed by atoms with E-state index in [0.717, 1.165) is 105 Å². The van der Waals surface area contributed by atoms with E-state index in [2.05, 4.69) is 303 Å². The number of hydrogen-bond acceptors (Lipinski definition) is 0. The molecule has 0 N–H and O–H groups in total. The third kappa shape index (κ3) is 37.4. The summed E-state index contributed by atoms with van der Waals surface area (Å²) in [7, 11) is 0. The van der Waals surface area contributed by atoms with Crippen LogP contribution in [0.15, 0.2) is 171 Å². The first kappa shape index (κ1) is 127. The summed E-state index contributed by atoms with van der Waals surface area (Å²) < 4.78 is 64.3. The van der Waals surface area contributed by atoms with Crippen LogP contribution in [0, 0.1) is 264 Å². The molecule has 0 atom stereocenters. The molecule has 0 radical (unpaired) electrons. The zero-order valence-electron chi connectivity index (χ0n) is 95.5. The first-order valence-electron chi connectivity index (χ1n) is 51.6. The van der Waals surface area contributed by atoms with E-state index in [0.29, 0.717) is 16.7 Å². The zero-order chi connectivity index (χ0) is 109. The highest BCUT2D eigenvalue weighted by molar-refractivity contribution is 6.32. The summed E-state index contributed by atoms with van der Waals surface area (Å²) in [6.45, 7) is 90.5. The Morgan fingerprint density at radius 3 is 0.727 bits per heavy atom. The Morgan fingerprint density at radius 1 is 0.196 bits per heavy atom. The molecule has 0 unspecified atom stereocenters. The normalized spacial score (nSPS) is 11.2. The van der Waals surface area contributed by atoms with Crippen molar-refractivity contribution in [2.24, 2.45) is 0 Å². The van der Waals surface area contributed by atoms with Crippen molar-refractivity contribution in [1.82, 2.24) is 0 Å². The van der Waals surface area contributed by atoms with E-state index < -0.39 is 11.6 Å². The minimum absolute atomic E-state index is 0.0347. The Morgan fingerprint density at radius 2 is 0.434 bits per heavy atom. The lowest BCUT2D eigenvalue weighted by Crippen LogP contribution is -2.12. The van der Waals surface area contributed by atoms with Gasteiger partial charge in [0.1, 0.15) is 17.5 Å². The van der Waals surface area contributed by atoms with Crippen molar-refractivity contribution in [1.29, 1.82) is 0 Å². The van der Waals surface area contributed by atoms with Gasteiger partial charge in [0.05, 0.1) is 5.02 Å². The number of halogens is 8. The third-order valence-corrected chi connectivity index (χ3v) is 30.7. The molecule has 2 aliphatic carbocycles. The summed E-state index contributed by atoms with van der Waals surface area (Å²) in [5, 5.41) is 2.08. The summed E-state index contributed by atoms with van der Waals surface area (Å²) in [4.78, 5) is 0. The van der Waals surface area contributed by atoms with Gasteiger partial charge in [-0.05, 0) is 556 Å². The monoisotopic (exact) mass is 2000 g/mol. The van der Waals surface area contributed by atoms with Gasteiger partial charge in [-0.15, -0.1) is 0 Å². The van der Waals surface area contributed by atoms with Gasteiger partial charge in [0.2, 0.25) is 0 Å². The smallest absolute Gasteiger partial charge is 0.161 e. The predicted octanol–water partition coefficient (Wildman–Crippen LogP) is 41.9. The molecular formula is C135H176Cl3F5. The Hall–Kier alpha value is -10.1. The molecule has 2 saturated carbocycles. The van der Waals surface area contributed by atoms with Crippen LogP contribution < -0.4 is 0 Å². The standard InChI is InChI=1S/C13H18.C12H16.C12H18.C12H16.C11H16.C11H14.C10H13Cl.C10H13F.C10H14.C9H11Cl.C9H11F.C8H8ClF.C8H8F2/c1-9-7-8-10(2)13(11(9)3)12-5-4-6-12;1-8-4-5-9(2)12(10(8)3)11-6-7-11;2*1-5-11-9(3)7-8-10(4)12(11)6-2;2*1-5-11-9(3)7-6-8(2)10(11)4;2*1-4-9-7(2)5-6-8(3)10(9)11;1-7-5-6-8(2)10(4)9(7)3;2*1-6-4-5-7(2)9(10)8(6)3;2*1-5-3-4-6(2)8(10)7(5)9/h7-8,12H,4-6H2,1-3H3;4-5,11H,6-7H2,1-3H3;7-8H,5-6H2,1-4H3;5,7-8H,1,6H2,2-4H3;6-7H,5H2,1-4H3;5-7H,1H2,2-4H3;2*5-6H,4H2,1-3H3;5-6H,1-4H3;2*4-5H,1-3H3;2*3-4H,1-2H3. The Kier molecular flexibility index (Phi) is 55.1. The molecule has 13 aromatic rings. The van der Waals surface area contributed by atoms with E-state index in [1.54, 1.807) is 87.2 Å². The molecule has 0 saturated heterocycles. The van der Waals surface area contributed by atoms with Crippen molar-refractivity contribution in [3.8, 4) is 0 Å². The fourth-order valence-electron chi connectivity index (χ4n) is 17.6. The summed E-state index contributed by atoms with van der Waals surface area (Å²) in [5.74, 6) is -0.112. The van der Waals surface area contributed by atoms with Gasteiger partial charge in [0, 0.05) is 10.0 Å². The molecule has 13 aromatic carbocycles. The number of hydrogen-bond donors (Lipinski definition) is 0. The first-order chi connectivity index (χ1) is 67.1. The lowest BCUT2D eigenvalue weighted by atomic mass is 9.76. The average molecular weight is 2000 g/mol. The van der Waals surface area contributed by atoms with Gasteiger partial charge < -0.3 is 0 Å². The Balaban J connectivity index is 0.000000399. The minimum Gasteiger partial charge on any atom is -0.206 e. The molecule has 2 aliphatic rings. The fourth-order valence-corrected chi connectivity index (χ4v) is 18.4. The number of benzene rings is 13. The summed E-state index contributed by atoms with van der Waals surface area (Å²) in [5.41, 5.74) is 55.0. The van der Waals surface area contributed by atoms with Gasteiger partial charge in [-0.2, -0.15) is 0 Å². The largest absolute Gasteiger partial charge is 0.206 e. The lowest BCUT2D eigenvalue weighted by molar-refractivity contribution is 0.416. The van der Waals surface area contributed by atoms with E-state index in [1.165, 1.54) is 207 Å². The highest BCUT2D eigenvalue weighted by Gasteiger charge is 2.27. The topological polar surface area (TPSA) is 0 Å². The second-order valence-corrected chi connectivity index (χ2v) is 40.7. The van der Waals surface area contributed by atoms with Crippen LogP contribution >= 0.6 is 34.8 Å². The van der Waals surface area contributed by atoms with Gasteiger partial charge in [-0.1, -0.05) is 266 Å². The van der Waals surface area contributed by atoms with E-state index in [9.17, 15) is 22.0 Å². The van der Waals surface area contributed by atoms with Gasteiger partial charge in [-0.3, -0.25) is 0 Å². The molecule has 0 amide bonds. The van der Waals surface area contributed by atoms with E-state index >= 15 is 0 Å². The molecule has 0 nitrogen and oxygen atoms in total. The van der Waals surface area contributed by atoms with Crippen LogP contribution in [0.3, 0.4) is 0 Å². The van der Waals surface area contributed by atoms with Crippen molar-refractivity contribution < 1.29 is 22.0 Å². The van der Waals surface area contributed by atoms with Gasteiger partial charge in [-0.25, -0.2) is 22.0 Å². The molecule has 0 spiro atoms. The molecule has 0 bridgehead atoms. The highest BCUT2D eigenvalue weighted by atomic mass is 35.5. The first-order valence-corrected chi connectivity index (χ1v) is 52.7. The van der Waals surface area contributed by atoms with Crippen LogP contribution in [0.1, 0.15) is 330 Å². The molecule has 143 heavy (non-hydrogen) atoms.